The molecule has 0 spiro atoms. The largest absolute Gasteiger partial charge is 0.0915 e. The summed E-state index contributed by atoms with van der Waals surface area (Å²) in [5.74, 6) is 0. The number of hydrogen-bond donors (Lipinski definition) is 0. The molecule has 0 aromatic heterocycles. The number of allylic oxidation sites excluding steroid dienone is 9. The Balaban J connectivity index is 2.00. The van der Waals surface area contributed by atoms with Crippen molar-refractivity contribution >= 4 is 28.2 Å². The second-order valence-corrected chi connectivity index (χ2v) is 8.03. The second kappa shape index (κ2) is 6.27. The van der Waals surface area contributed by atoms with Crippen LogP contribution in [0.2, 0.25) is 0 Å². The first-order valence-electron chi connectivity index (χ1n) is 8.18. The first-order valence-corrected chi connectivity index (χ1v) is 9.26. The monoisotopic (exact) mass is 414 g/mol. The molecule has 3 rings (SSSR count). The smallest absolute Gasteiger partial charge is 0.0156 e. The Kier molecular flexibility index (Phi) is 4.50. The summed E-state index contributed by atoms with van der Waals surface area (Å²) in [6.07, 6.45) is 12.9. The number of fused-ring (bicyclic) bond motifs is 2. The van der Waals surface area contributed by atoms with E-state index in [2.05, 4.69) is 85.5 Å². The Morgan fingerprint density at radius 1 is 1.22 bits per heavy atom. The maximum atomic E-state index is 4.26. The molecule has 0 unspecified atom stereocenters. The summed E-state index contributed by atoms with van der Waals surface area (Å²) in [5, 5.41) is 0. The Labute approximate surface area is 153 Å². The van der Waals surface area contributed by atoms with E-state index in [1.807, 2.05) is 13.0 Å². The van der Waals surface area contributed by atoms with Gasteiger partial charge in [0.1, 0.15) is 0 Å². The molecule has 0 radical (unpaired) electrons. The molecule has 1 heteroatoms. The molecule has 0 amide bonds. The topological polar surface area (TPSA) is 0 Å². The molecular weight excluding hydrogens is 391 g/mol. The summed E-state index contributed by atoms with van der Waals surface area (Å²) in [5.41, 5.74) is 8.55. The highest BCUT2D eigenvalue weighted by molar-refractivity contribution is 14.1. The van der Waals surface area contributed by atoms with Crippen molar-refractivity contribution in [1.82, 2.24) is 0 Å². The molecule has 2 aliphatic rings. The third kappa shape index (κ3) is 2.91. The Bertz CT molecular complexity index is 782. The normalized spacial score (nSPS) is 19.2. The van der Waals surface area contributed by atoms with Crippen LogP contribution in [0.25, 0.3) is 5.57 Å². The zero-order valence-corrected chi connectivity index (χ0v) is 16.3. The molecule has 0 aliphatic heterocycles. The molecule has 0 N–H and O–H groups in total. The van der Waals surface area contributed by atoms with Crippen molar-refractivity contribution in [3.05, 3.63) is 86.6 Å². The summed E-state index contributed by atoms with van der Waals surface area (Å²) in [6, 6.07) is 6.88. The Hall–Kier alpha value is -1.35. The molecule has 118 valence electrons. The van der Waals surface area contributed by atoms with Crippen molar-refractivity contribution in [2.24, 2.45) is 0 Å². The van der Waals surface area contributed by atoms with E-state index in [4.69, 9.17) is 0 Å². The maximum absolute atomic E-state index is 4.26. The van der Waals surface area contributed by atoms with Gasteiger partial charge in [-0.15, -0.1) is 0 Å². The van der Waals surface area contributed by atoms with Crippen LogP contribution in [0.15, 0.2) is 71.9 Å². The molecule has 0 saturated heterocycles. The van der Waals surface area contributed by atoms with Gasteiger partial charge in [-0.2, -0.15) is 0 Å². The molecular formula is C22H23I. The van der Waals surface area contributed by atoms with Gasteiger partial charge in [0.2, 0.25) is 0 Å². The predicted molar refractivity (Wildman–Crippen MR) is 110 cm³/mol. The van der Waals surface area contributed by atoms with Gasteiger partial charge in [-0.25, -0.2) is 0 Å². The van der Waals surface area contributed by atoms with Gasteiger partial charge in [0.05, 0.1) is 0 Å². The molecule has 1 aromatic rings. The van der Waals surface area contributed by atoms with E-state index in [-0.39, 0.29) is 5.41 Å². The predicted octanol–water partition coefficient (Wildman–Crippen LogP) is 6.74. The molecule has 23 heavy (non-hydrogen) atoms. The lowest BCUT2D eigenvalue weighted by Gasteiger charge is -2.26. The first kappa shape index (κ1) is 16.5. The van der Waals surface area contributed by atoms with Crippen LogP contribution in [0.5, 0.6) is 0 Å². The summed E-state index contributed by atoms with van der Waals surface area (Å²) < 4.78 is 1.32. The third-order valence-corrected chi connectivity index (χ3v) is 5.63. The van der Waals surface area contributed by atoms with Crippen LogP contribution in [0.3, 0.4) is 0 Å². The SMILES string of the molecule is C=C(/C=C\C=C/C)C1=CC2=C(CC1)c1ccc(I)cc1C2(C)C. The fourth-order valence-corrected chi connectivity index (χ4v) is 4.14. The van der Waals surface area contributed by atoms with Crippen molar-refractivity contribution in [3.63, 3.8) is 0 Å². The van der Waals surface area contributed by atoms with Crippen LogP contribution >= 0.6 is 22.6 Å². The van der Waals surface area contributed by atoms with E-state index >= 15 is 0 Å². The average molecular weight is 414 g/mol. The van der Waals surface area contributed by atoms with E-state index < -0.39 is 0 Å². The van der Waals surface area contributed by atoms with Crippen LogP contribution in [0.4, 0.5) is 0 Å². The van der Waals surface area contributed by atoms with Crippen molar-refractivity contribution in [3.8, 4) is 0 Å². The summed E-state index contributed by atoms with van der Waals surface area (Å²) in [4.78, 5) is 0. The van der Waals surface area contributed by atoms with Gasteiger partial charge in [-0.3, -0.25) is 0 Å². The lowest BCUT2D eigenvalue weighted by molar-refractivity contribution is 0.649. The second-order valence-electron chi connectivity index (χ2n) is 6.79. The van der Waals surface area contributed by atoms with E-state index in [0.29, 0.717) is 0 Å². The quantitative estimate of drug-likeness (QED) is 0.379. The summed E-state index contributed by atoms with van der Waals surface area (Å²) in [7, 11) is 0. The molecule has 0 nitrogen and oxygen atoms in total. The molecule has 2 aliphatic carbocycles. The number of rotatable bonds is 3. The van der Waals surface area contributed by atoms with Gasteiger partial charge in [0, 0.05) is 8.99 Å². The zero-order chi connectivity index (χ0) is 16.6. The Morgan fingerprint density at radius 2 is 2.00 bits per heavy atom. The number of benzene rings is 1. The zero-order valence-electron chi connectivity index (χ0n) is 14.1. The van der Waals surface area contributed by atoms with Crippen molar-refractivity contribution in [2.75, 3.05) is 0 Å². The fourth-order valence-electron chi connectivity index (χ4n) is 3.65. The standard InChI is InChI=1S/C22H23I/c1-5-6-7-8-15(2)16-9-11-18-19-12-10-17(23)14-21(19)22(3,4)20(18)13-16/h5-8,10,12-14H,2,9,11H2,1,3-4H3/b6-5-,8-7-. The molecule has 0 saturated carbocycles. The average Bonchev–Trinajstić information content (AvgIpc) is 2.75. The van der Waals surface area contributed by atoms with Gasteiger partial charge in [0.25, 0.3) is 0 Å². The summed E-state index contributed by atoms with van der Waals surface area (Å²) in [6.45, 7) is 11.0. The van der Waals surface area contributed by atoms with Gasteiger partial charge < -0.3 is 0 Å². The third-order valence-electron chi connectivity index (χ3n) is 4.95. The fraction of sp³-hybridized carbons (Fsp3) is 0.273. The van der Waals surface area contributed by atoms with Gasteiger partial charge >= 0.3 is 0 Å². The van der Waals surface area contributed by atoms with Crippen molar-refractivity contribution in [2.45, 2.75) is 39.0 Å². The maximum Gasteiger partial charge on any atom is 0.0156 e. The highest BCUT2D eigenvalue weighted by Gasteiger charge is 2.38. The molecule has 0 bridgehead atoms. The van der Waals surface area contributed by atoms with Crippen LogP contribution < -0.4 is 0 Å². The van der Waals surface area contributed by atoms with Crippen molar-refractivity contribution in [1.29, 1.82) is 0 Å². The van der Waals surface area contributed by atoms with Crippen LogP contribution in [-0.2, 0) is 5.41 Å². The van der Waals surface area contributed by atoms with Crippen LogP contribution in [-0.4, -0.2) is 0 Å². The lowest BCUT2D eigenvalue weighted by atomic mass is 9.78. The van der Waals surface area contributed by atoms with Crippen LogP contribution in [0.1, 0.15) is 44.7 Å². The highest BCUT2D eigenvalue weighted by Crippen LogP contribution is 2.51. The minimum absolute atomic E-state index is 0.0881. The molecule has 0 heterocycles. The van der Waals surface area contributed by atoms with E-state index in [1.165, 1.54) is 31.4 Å². The summed E-state index contributed by atoms with van der Waals surface area (Å²) >= 11 is 2.41. The van der Waals surface area contributed by atoms with Crippen LogP contribution in [0, 0.1) is 3.57 Å². The van der Waals surface area contributed by atoms with Gasteiger partial charge in [-0.05, 0) is 87.9 Å². The Morgan fingerprint density at radius 3 is 2.74 bits per heavy atom. The molecule has 0 fully saturated rings. The number of halogens is 1. The van der Waals surface area contributed by atoms with Crippen molar-refractivity contribution < 1.29 is 0 Å². The highest BCUT2D eigenvalue weighted by atomic mass is 127. The molecule has 1 aromatic carbocycles. The number of hydrogen-bond acceptors (Lipinski definition) is 0. The van der Waals surface area contributed by atoms with E-state index in [0.717, 1.165) is 18.4 Å². The minimum Gasteiger partial charge on any atom is -0.0915 e. The first-order chi connectivity index (χ1) is 10.9. The van der Waals surface area contributed by atoms with E-state index in [9.17, 15) is 0 Å². The van der Waals surface area contributed by atoms with Gasteiger partial charge in [-0.1, -0.05) is 56.9 Å². The van der Waals surface area contributed by atoms with E-state index in [1.54, 1.807) is 0 Å². The van der Waals surface area contributed by atoms with Gasteiger partial charge in [0.15, 0.2) is 0 Å². The minimum atomic E-state index is 0.0881. The molecule has 0 atom stereocenters. The lowest BCUT2D eigenvalue weighted by Crippen LogP contribution is -2.17.